The fraction of sp³-hybridized carbons (Fsp3) is 0.364. The lowest BCUT2D eigenvalue weighted by Crippen LogP contribution is -2.32. The van der Waals surface area contributed by atoms with Crippen LogP contribution in [0.2, 0.25) is 10.0 Å². The second-order valence-corrected chi connectivity index (χ2v) is 10.4. The summed E-state index contributed by atoms with van der Waals surface area (Å²) in [6.07, 6.45) is 2.49. The molecule has 1 N–H and O–H groups in total. The van der Waals surface area contributed by atoms with Crippen LogP contribution < -0.4 is 5.32 Å². The third-order valence-electron chi connectivity index (χ3n) is 5.06. The molecule has 0 unspecified atom stereocenters. The first kappa shape index (κ1) is 24.5. The van der Waals surface area contributed by atoms with Gasteiger partial charge in [-0.3, -0.25) is 4.79 Å². The van der Waals surface area contributed by atoms with Crippen molar-refractivity contribution < 1.29 is 22.7 Å². The molecule has 1 aliphatic rings. The number of ether oxygens (including phenoxy) is 1. The van der Waals surface area contributed by atoms with E-state index in [-0.39, 0.29) is 10.5 Å². The van der Waals surface area contributed by atoms with E-state index < -0.39 is 28.0 Å². The summed E-state index contributed by atoms with van der Waals surface area (Å²) in [7, 11) is -3.71. The number of halogens is 2. The lowest BCUT2D eigenvalue weighted by atomic mass is 10.2. The highest BCUT2D eigenvalue weighted by atomic mass is 35.5. The summed E-state index contributed by atoms with van der Waals surface area (Å²) < 4.78 is 32.7. The normalized spacial score (nSPS) is 16.1. The minimum absolute atomic E-state index is 0.0273. The van der Waals surface area contributed by atoms with Crippen LogP contribution in [-0.4, -0.2) is 43.8 Å². The van der Waals surface area contributed by atoms with Gasteiger partial charge in [0, 0.05) is 28.8 Å². The third kappa shape index (κ3) is 6.22. The second kappa shape index (κ2) is 10.7. The van der Waals surface area contributed by atoms with Crippen molar-refractivity contribution in [1.82, 2.24) is 4.31 Å². The molecule has 7 nitrogen and oxygen atoms in total. The molecule has 1 atom stereocenters. The monoisotopic (exact) mass is 498 g/mol. The molecule has 1 saturated heterocycles. The summed E-state index contributed by atoms with van der Waals surface area (Å²) in [4.78, 5) is 25.0. The molecule has 0 aliphatic carbocycles. The second-order valence-electron chi connectivity index (χ2n) is 7.54. The summed E-state index contributed by atoms with van der Waals surface area (Å²) in [5.74, 6) is -1.38. The van der Waals surface area contributed by atoms with E-state index in [1.165, 1.54) is 53.7 Å². The van der Waals surface area contributed by atoms with E-state index in [2.05, 4.69) is 5.32 Å². The van der Waals surface area contributed by atoms with Crippen LogP contribution in [0.5, 0.6) is 0 Å². The molecule has 32 heavy (non-hydrogen) atoms. The number of carbonyl (C=O) groups excluding carboxylic acids is 2. The number of carbonyl (C=O) groups is 2. The number of sulfonamides is 1. The quantitative estimate of drug-likeness (QED) is 0.580. The van der Waals surface area contributed by atoms with Crippen molar-refractivity contribution in [3.8, 4) is 0 Å². The molecule has 1 fully saturated rings. The Morgan fingerprint density at radius 1 is 1.00 bits per heavy atom. The Bertz CT molecular complexity index is 1080. The number of esters is 1. The van der Waals surface area contributed by atoms with Crippen LogP contribution in [0.15, 0.2) is 47.4 Å². The zero-order valence-corrected chi connectivity index (χ0v) is 19.8. The summed E-state index contributed by atoms with van der Waals surface area (Å²) in [5.41, 5.74) is 0.410. The number of hydrogen-bond acceptors (Lipinski definition) is 5. The first-order valence-electron chi connectivity index (χ1n) is 10.2. The largest absolute Gasteiger partial charge is 0.449 e. The molecule has 0 aromatic heterocycles. The van der Waals surface area contributed by atoms with E-state index >= 15 is 0 Å². The van der Waals surface area contributed by atoms with E-state index in [1.54, 1.807) is 0 Å². The van der Waals surface area contributed by atoms with Crippen LogP contribution in [0.25, 0.3) is 0 Å². The van der Waals surface area contributed by atoms with E-state index in [4.69, 9.17) is 27.9 Å². The van der Waals surface area contributed by atoms with Crippen LogP contribution in [0, 0.1) is 0 Å². The number of amides is 1. The minimum atomic E-state index is -3.71. The number of rotatable bonds is 6. The van der Waals surface area contributed by atoms with E-state index in [1.807, 2.05) is 0 Å². The van der Waals surface area contributed by atoms with Gasteiger partial charge in [0.2, 0.25) is 10.0 Å². The summed E-state index contributed by atoms with van der Waals surface area (Å²) in [6.45, 7) is 2.33. The topological polar surface area (TPSA) is 92.8 Å². The lowest BCUT2D eigenvalue weighted by Gasteiger charge is -2.20. The molecule has 172 valence electrons. The van der Waals surface area contributed by atoms with Crippen LogP contribution in [0.4, 0.5) is 5.69 Å². The maximum Gasteiger partial charge on any atom is 0.338 e. The lowest BCUT2D eigenvalue weighted by molar-refractivity contribution is -0.123. The highest BCUT2D eigenvalue weighted by Crippen LogP contribution is 2.23. The Morgan fingerprint density at radius 3 is 2.25 bits per heavy atom. The molecule has 2 aromatic carbocycles. The van der Waals surface area contributed by atoms with Crippen molar-refractivity contribution in [1.29, 1.82) is 0 Å². The number of nitrogens with one attached hydrogen (secondary N) is 1. The van der Waals surface area contributed by atoms with Crippen molar-refractivity contribution in [3.63, 3.8) is 0 Å². The van der Waals surface area contributed by atoms with Gasteiger partial charge in [-0.1, -0.05) is 42.1 Å². The van der Waals surface area contributed by atoms with Crippen molar-refractivity contribution >= 4 is 50.8 Å². The summed E-state index contributed by atoms with van der Waals surface area (Å²) >= 11 is 11.8. The highest BCUT2D eigenvalue weighted by molar-refractivity contribution is 7.89. The van der Waals surface area contributed by atoms with Gasteiger partial charge in [-0.15, -0.1) is 0 Å². The van der Waals surface area contributed by atoms with Crippen LogP contribution in [-0.2, 0) is 19.6 Å². The molecule has 1 aliphatic heterocycles. The fourth-order valence-electron chi connectivity index (χ4n) is 3.37. The van der Waals surface area contributed by atoms with E-state index in [0.717, 1.165) is 25.7 Å². The predicted octanol–water partition coefficient (Wildman–Crippen LogP) is 4.74. The van der Waals surface area contributed by atoms with Gasteiger partial charge in [0.15, 0.2) is 6.10 Å². The first-order valence-corrected chi connectivity index (χ1v) is 12.4. The Balaban J connectivity index is 1.69. The van der Waals surface area contributed by atoms with Crippen molar-refractivity contribution in [2.24, 2.45) is 0 Å². The molecule has 0 radical (unpaired) electrons. The maximum absolute atomic E-state index is 13.0. The Morgan fingerprint density at radius 2 is 1.62 bits per heavy atom. The van der Waals surface area contributed by atoms with Crippen LogP contribution in [0.3, 0.4) is 0 Å². The molecule has 2 aromatic rings. The van der Waals surface area contributed by atoms with Crippen molar-refractivity contribution in [2.45, 2.75) is 43.6 Å². The van der Waals surface area contributed by atoms with Gasteiger partial charge >= 0.3 is 5.97 Å². The average Bonchev–Trinajstić information content (AvgIpc) is 3.03. The SMILES string of the molecule is C[C@@H](OC(=O)c1cccc(S(=O)(=O)N2CCCCCC2)c1)C(=O)Nc1cc(Cl)cc(Cl)c1. The molecule has 1 heterocycles. The zero-order chi connectivity index (χ0) is 23.3. The summed E-state index contributed by atoms with van der Waals surface area (Å²) in [6, 6.07) is 10.2. The van der Waals surface area contributed by atoms with Gasteiger partial charge in [0.1, 0.15) is 0 Å². The number of anilines is 1. The standard InChI is InChI=1S/C22H24Cl2N2O5S/c1-15(21(27)25-19-13-17(23)12-18(24)14-19)31-22(28)16-7-6-8-20(11-16)32(29,30)26-9-4-2-3-5-10-26/h6-8,11-15H,2-5,9-10H2,1H3,(H,25,27)/t15-/m1/s1. The minimum Gasteiger partial charge on any atom is -0.449 e. The van der Waals surface area contributed by atoms with E-state index in [0.29, 0.717) is 28.8 Å². The first-order chi connectivity index (χ1) is 15.2. The molecular formula is C22H24Cl2N2O5S. The van der Waals surface area contributed by atoms with Gasteiger partial charge in [0.05, 0.1) is 10.5 Å². The number of benzene rings is 2. The van der Waals surface area contributed by atoms with Gasteiger partial charge in [-0.25, -0.2) is 13.2 Å². The fourth-order valence-corrected chi connectivity index (χ4v) is 5.46. The molecule has 3 rings (SSSR count). The molecule has 10 heteroatoms. The summed E-state index contributed by atoms with van der Waals surface area (Å²) in [5, 5.41) is 3.27. The van der Waals surface area contributed by atoms with Crippen LogP contribution >= 0.6 is 23.2 Å². The maximum atomic E-state index is 13.0. The average molecular weight is 499 g/mol. The predicted molar refractivity (Wildman–Crippen MR) is 124 cm³/mol. The Labute approximate surface area is 197 Å². The number of nitrogens with zero attached hydrogens (tertiary/aromatic N) is 1. The Kier molecular flexibility index (Phi) is 8.16. The molecule has 1 amide bonds. The van der Waals surface area contributed by atoms with Gasteiger partial charge in [-0.2, -0.15) is 4.31 Å². The Hall–Kier alpha value is -2.13. The zero-order valence-electron chi connectivity index (χ0n) is 17.5. The van der Waals surface area contributed by atoms with Gasteiger partial charge in [0.25, 0.3) is 5.91 Å². The van der Waals surface area contributed by atoms with Crippen molar-refractivity contribution in [3.05, 3.63) is 58.1 Å². The van der Waals surface area contributed by atoms with Crippen molar-refractivity contribution in [2.75, 3.05) is 18.4 Å². The van der Waals surface area contributed by atoms with E-state index in [9.17, 15) is 18.0 Å². The number of hydrogen-bond donors (Lipinski definition) is 1. The molecule has 0 saturated carbocycles. The molecular weight excluding hydrogens is 475 g/mol. The molecule has 0 spiro atoms. The molecule has 0 bridgehead atoms. The smallest absolute Gasteiger partial charge is 0.338 e. The highest BCUT2D eigenvalue weighted by Gasteiger charge is 2.26. The van der Waals surface area contributed by atoms with Gasteiger partial charge in [-0.05, 0) is 56.2 Å². The third-order valence-corrected chi connectivity index (χ3v) is 7.39. The van der Waals surface area contributed by atoms with Gasteiger partial charge < -0.3 is 10.1 Å². The van der Waals surface area contributed by atoms with Crippen LogP contribution in [0.1, 0.15) is 43.0 Å².